The third-order valence-electron chi connectivity index (χ3n) is 7.01. The molecule has 9 nitrogen and oxygen atoms in total. The van der Waals surface area contributed by atoms with E-state index in [1.165, 1.54) is 0 Å². The average Bonchev–Trinajstić information content (AvgIpc) is 3.44. The summed E-state index contributed by atoms with van der Waals surface area (Å²) in [5, 5.41) is 6.64. The van der Waals surface area contributed by atoms with Crippen molar-refractivity contribution in [3.05, 3.63) is 0 Å². The van der Waals surface area contributed by atoms with Crippen molar-refractivity contribution < 1.29 is 33.3 Å². The predicted octanol–water partition coefficient (Wildman–Crippen LogP) is 5.07. The number of ketones is 1. The van der Waals surface area contributed by atoms with E-state index in [1.807, 2.05) is 62.6 Å². The summed E-state index contributed by atoms with van der Waals surface area (Å²) in [5.74, 6) is -1.15. The zero-order chi connectivity index (χ0) is 31.1. The van der Waals surface area contributed by atoms with Crippen molar-refractivity contribution in [1.29, 1.82) is 0 Å². The Morgan fingerprint density at radius 3 is 2.05 bits per heavy atom. The minimum absolute atomic E-state index is 0.0552. The molecule has 240 valence electrons. The molecule has 3 saturated heterocycles. The van der Waals surface area contributed by atoms with E-state index in [0.717, 1.165) is 38.8 Å². The number of hydrogen-bond acceptors (Lipinski definition) is 9. The van der Waals surface area contributed by atoms with E-state index >= 15 is 0 Å². The SMILES string of the molecule is CC.CC.CC.CC1CC(N(C)C)CC(OF)O1.COC1CCCNCC2(CCNC2)OC(=O)C(C)C(=O)CC1. The minimum Gasteiger partial charge on any atom is -0.456 e. The lowest BCUT2D eigenvalue weighted by atomic mass is 9.98. The number of carbonyl (C=O) groups is 2. The molecule has 3 aliphatic rings. The van der Waals surface area contributed by atoms with E-state index in [2.05, 4.69) is 20.5 Å². The molecular formula is C30H62FN3O6. The first kappa shape index (κ1) is 41.0. The van der Waals surface area contributed by atoms with Crippen LogP contribution in [0.15, 0.2) is 0 Å². The monoisotopic (exact) mass is 579 g/mol. The van der Waals surface area contributed by atoms with Crippen LogP contribution in [0.4, 0.5) is 4.53 Å². The number of Topliss-reactive ketones (excluding diaryl/α,β-unsaturated/α-hetero) is 1. The van der Waals surface area contributed by atoms with Gasteiger partial charge < -0.3 is 29.7 Å². The van der Waals surface area contributed by atoms with Crippen molar-refractivity contribution in [3.63, 3.8) is 0 Å². The summed E-state index contributed by atoms with van der Waals surface area (Å²) in [6.07, 6.45) is 4.75. The molecule has 1 spiro atoms. The van der Waals surface area contributed by atoms with Crippen LogP contribution in [0.5, 0.6) is 0 Å². The average molecular weight is 580 g/mol. The third-order valence-corrected chi connectivity index (χ3v) is 7.01. The zero-order valence-corrected chi connectivity index (χ0v) is 27.4. The van der Waals surface area contributed by atoms with Gasteiger partial charge in [0.05, 0.1) is 12.2 Å². The van der Waals surface area contributed by atoms with Crippen LogP contribution < -0.4 is 10.6 Å². The fourth-order valence-corrected chi connectivity index (χ4v) is 4.65. The Kier molecular flexibility index (Phi) is 25.0. The molecular weight excluding hydrogens is 517 g/mol. The van der Waals surface area contributed by atoms with Crippen LogP contribution in [0, 0.1) is 5.92 Å². The van der Waals surface area contributed by atoms with Crippen molar-refractivity contribution >= 4 is 11.8 Å². The Balaban J connectivity index is 0. The molecule has 0 radical (unpaired) electrons. The molecule has 0 aromatic heterocycles. The molecule has 3 heterocycles. The van der Waals surface area contributed by atoms with Gasteiger partial charge in [-0.05, 0) is 71.2 Å². The molecule has 0 amide bonds. The standard InChI is InChI=1S/C16H28N2O4.C8H16FNO2.3C2H6/c1-12-14(19)6-5-13(21-2)4-3-8-17-10-16(22-15(12)20)7-9-18-11-16;1-6-4-7(10(2)3)5-8(11-6)12-9;3*1-2/h12-13,17-18H,3-11H2,1-2H3;6-8H,4-5H2,1-3H3;3*1-2H3. The molecule has 40 heavy (non-hydrogen) atoms. The van der Waals surface area contributed by atoms with Gasteiger partial charge in [0, 0.05) is 45.5 Å². The van der Waals surface area contributed by atoms with E-state index in [9.17, 15) is 14.1 Å². The van der Waals surface area contributed by atoms with Crippen LogP contribution in [0.3, 0.4) is 0 Å². The Hall–Kier alpha value is -1.17. The highest BCUT2D eigenvalue weighted by molar-refractivity contribution is 5.98. The first-order valence-corrected chi connectivity index (χ1v) is 15.5. The van der Waals surface area contributed by atoms with Gasteiger partial charge in [-0.15, -0.1) is 0 Å². The van der Waals surface area contributed by atoms with E-state index in [1.54, 1.807) is 14.0 Å². The first-order valence-electron chi connectivity index (χ1n) is 15.5. The third kappa shape index (κ3) is 15.7. The van der Waals surface area contributed by atoms with Gasteiger partial charge in [0.15, 0.2) is 6.29 Å². The molecule has 3 fully saturated rings. The molecule has 0 aromatic rings. The molecule has 6 atom stereocenters. The molecule has 0 aromatic carbocycles. The zero-order valence-electron chi connectivity index (χ0n) is 27.4. The number of methoxy groups -OCH3 is 1. The maximum absolute atomic E-state index is 12.3. The summed E-state index contributed by atoms with van der Waals surface area (Å²) in [6.45, 7) is 18.6. The molecule has 0 bridgehead atoms. The van der Waals surface area contributed by atoms with Crippen LogP contribution in [0.2, 0.25) is 0 Å². The molecule has 0 aliphatic carbocycles. The molecule has 3 aliphatic heterocycles. The van der Waals surface area contributed by atoms with E-state index in [0.29, 0.717) is 38.4 Å². The highest BCUT2D eigenvalue weighted by Gasteiger charge is 2.39. The van der Waals surface area contributed by atoms with Crippen molar-refractivity contribution in [2.75, 3.05) is 47.4 Å². The fourth-order valence-electron chi connectivity index (χ4n) is 4.65. The van der Waals surface area contributed by atoms with Gasteiger partial charge in [0.25, 0.3) is 0 Å². The van der Waals surface area contributed by atoms with Gasteiger partial charge in [0.2, 0.25) is 0 Å². The number of esters is 1. The number of nitrogens with zero attached hydrogens (tertiary/aromatic N) is 1. The van der Waals surface area contributed by atoms with E-state index < -0.39 is 23.8 Å². The van der Waals surface area contributed by atoms with Crippen LogP contribution in [0.25, 0.3) is 0 Å². The topological polar surface area (TPSA) is 98.4 Å². The van der Waals surface area contributed by atoms with Gasteiger partial charge in [-0.1, -0.05) is 41.5 Å². The van der Waals surface area contributed by atoms with E-state index in [-0.39, 0.29) is 18.0 Å². The fraction of sp³-hybridized carbons (Fsp3) is 0.933. The van der Waals surface area contributed by atoms with E-state index in [4.69, 9.17) is 14.2 Å². The predicted molar refractivity (Wildman–Crippen MR) is 160 cm³/mol. The Morgan fingerprint density at radius 2 is 1.55 bits per heavy atom. The van der Waals surface area contributed by atoms with Gasteiger partial charge in [-0.3, -0.25) is 9.59 Å². The normalized spacial score (nSPS) is 31.2. The maximum Gasteiger partial charge on any atom is 0.316 e. The largest absolute Gasteiger partial charge is 0.456 e. The second-order valence-electron chi connectivity index (χ2n) is 9.99. The molecule has 2 N–H and O–H groups in total. The quantitative estimate of drug-likeness (QED) is 0.351. The Morgan fingerprint density at radius 1 is 0.950 bits per heavy atom. The Bertz CT molecular complexity index is 635. The second kappa shape index (κ2) is 24.4. The molecule has 0 saturated carbocycles. The summed E-state index contributed by atoms with van der Waals surface area (Å²) in [5.41, 5.74) is -0.514. The van der Waals surface area contributed by atoms with Crippen molar-refractivity contribution in [2.24, 2.45) is 5.92 Å². The van der Waals surface area contributed by atoms with Crippen molar-refractivity contribution in [2.45, 2.75) is 130 Å². The van der Waals surface area contributed by atoms with Gasteiger partial charge in [-0.25, -0.2) is 0 Å². The first-order chi connectivity index (χ1) is 19.2. The highest BCUT2D eigenvalue weighted by atomic mass is 19.3. The molecule has 6 unspecified atom stereocenters. The highest BCUT2D eigenvalue weighted by Crippen LogP contribution is 2.24. The van der Waals surface area contributed by atoms with Gasteiger partial charge in [-0.2, -0.15) is 4.94 Å². The second-order valence-corrected chi connectivity index (χ2v) is 9.99. The lowest BCUT2D eigenvalue weighted by Gasteiger charge is -2.34. The summed E-state index contributed by atoms with van der Waals surface area (Å²) < 4.78 is 28.2. The number of rotatable bonds is 3. The van der Waals surface area contributed by atoms with Crippen LogP contribution in [-0.4, -0.2) is 94.2 Å². The number of carbonyl (C=O) groups excluding carboxylic acids is 2. The van der Waals surface area contributed by atoms with Gasteiger partial charge in [0.1, 0.15) is 17.3 Å². The summed E-state index contributed by atoms with van der Waals surface area (Å²) >= 11 is 0. The summed E-state index contributed by atoms with van der Waals surface area (Å²) in [6, 6.07) is 0.356. The lowest BCUT2D eigenvalue weighted by Crippen LogP contribution is -2.47. The molecule has 10 heteroatoms. The summed E-state index contributed by atoms with van der Waals surface area (Å²) in [4.78, 5) is 30.3. The minimum atomic E-state index is -0.698. The number of nitrogens with one attached hydrogen (secondary N) is 2. The number of ether oxygens (including phenoxy) is 3. The smallest absolute Gasteiger partial charge is 0.316 e. The van der Waals surface area contributed by atoms with Gasteiger partial charge >= 0.3 is 5.97 Å². The number of halogens is 1. The van der Waals surface area contributed by atoms with Crippen LogP contribution in [-0.2, 0) is 28.7 Å². The van der Waals surface area contributed by atoms with Crippen molar-refractivity contribution in [1.82, 2.24) is 15.5 Å². The number of hydrogen-bond donors (Lipinski definition) is 2. The Labute approximate surface area is 244 Å². The molecule has 3 rings (SSSR count). The summed E-state index contributed by atoms with van der Waals surface area (Å²) in [7, 11) is 5.65. The lowest BCUT2D eigenvalue weighted by molar-refractivity contribution is -0.304. The van der Waals surface area contributed by atoms with Crippen molar-refractivity contribution in [3.8, 4) is 0 Å². The van der Waals surface area contributed by atoms with Crippen LogP contribution >= 0.6 is 0 Å². The maximum atomic E-state index is 12.3. The van der Waals surface area contributed by atoms with Crippen LogP contribution in [0.1, 0.15) is 100 Å².